The van der Waals surface area contributed by atoms with Crippen molar-refractivity contribution < 1.29 is 15.5 Å². The molecule has 1 aromatic carbocycles. The molecule has 0 spiro atoms. The van der Waals surface area contributed by atoms with Gasteiger partial charge in [-0.05, 0) is 18.6 Å². The molecule has 1 aromatic rings. The van der Waals surface area contributed by atoms with Crippen LogP contribution in [0.5, 0.6) is 0 Å². The van der Waals surface area contributed by atoms with Crippen molar-refractivity contribution in [2.45, 2.75) is 115 Å². The van der Waals surface area contributed by atoms with Crippen LogP contribution in [0.3, 0.4) is 0 Å². The van der Waals surface area contributed by atoms with Gasteiger partial charge >= 0.3 is 48.9 Å². The Balaban J connectivity index is -0.00000261. The minimum atomic E-state index is -3.58. The summed E-state index contributed by atoms with van der Waals surface area (Å²) < 4.78 is 29.0. The van der Waals surface area contributed by atoms with E-state index in [0.717, 1.165) is 12.8 Å². The van der Waals surface area contributed by atoms with Crippen molar-refractivity contribution in [3.63, 3.8) is 0 Å². The number of unbranched alkanes of at least 4 members (excludes halogenated alkanes) is 15. The molecule has 1 rings (SSSR count). The van der Waals surface area contributed by atoms with Gasteiger partial charge in [0.15, 0.2) is 0 Å². The molecule has 29 heavy (non-hydrogen) atoms. The maximum atomic E-state index is 12.0. The van der Waals surface area contributed by atoms with Crippen LogP contribution in [-0.2, 0) is 14.3 Å². The number of hydrogen-bond donors (Lipinski definition) is 0. The molecule has 0 radical (unpaired) electrons. The Hall–Kier alpha value is 0.701. The summed E-state index contributed by atoms with van der Waals surface area (Å²) in [4.78, 5) is 0.242. The second-order valence-electron chi connectivity index (χ2n) is 7.89. The SMILES string of the molecule is CCCCCCCCCCCCCCCCCCOS(=O)(=O)c1ccccc1.[Ba+2].[H-].[H-]. The standard InChI is InChI=1S/C24H42O3S.Ba.2H/c1-2-3-4-5-6-7-8-9-10-11-12-13-14-15-16-20-23-27-28(25,26)24-21-18-17-19-22-24;;;/h17-19,21-22H,2-16,20,23H2,1H3;;;/q;+2;2*-1. The van der Waals surface area contributed by atoms with Crippen LogP contribution in [-0.4, -0.2) is 63.9 Å². The first-order valence-electron chi connectivity index (χ1n) is 11.6. The molecule has 0 aliphatic heterocycles. The molecule has 0 saturated carbocycles. The Bertz CT molecular complexity index is 571. The first kappa shape index (κ1) is 29.7. The average Bonchev–Trinajstić information content (AvgIpc) is 2.71. The monoisotopic (exact) mass is 550 g/mol. The Morgan fingerprint density at radius 2 is 1.03 bits per heavy atom. The minimum Gasteiger partial charge on any atom is -1.00 e. The Labute approximate surface area is 223 Å². The molecule has 0 aliphatic rings. The first-order valence-corrected chi connectivity index (χ1v) is 13.0. The average molecular weight is 550 g/mol. The molecule has 0 saturated heterocycles. The summed E-state index contributed by atoms with van der Waals surface area (Å²) in [7, 11) is -3.58. The molecule has 0 N–H and O–H groups in total. The van der Waals surface area contributed by atoms with Crippen LogP contribution in [0, 0.1) is 0 Å². The fourth-order valence-corrected chi connectivity index (χ4v) is 4.44. The minimum absolute atomic E-state index is 0. The normalized spacial score (nSPS) is 11.3. The Morgan fingerprint density at radius 1 is 0.655 bits per heavy atom. The zero-order chi connectivity index (χ0) is 20.3. The molecule has 0 fully saturated rings. The molecule has 0 heterocycles. The van der Waals surface area contributed by atoms with E-state index in [1.807, 2.05) is 0 Å². The summed E-state index contributed by atoms with van der Waals surface area (Å²) in [5, 5.41) is 0. The van der Waals surface area contributed by atoms with Crippen molar-refractivity contribution in [1.82, 2.24) is 0 Å². The van der Waals surface area contributed by atoms with Crippen LogP contribution in [0.2, 0.25) is 0 Å². The molecule has 0 amide bonds. The van der Waals surface area contributed by atoms with Gasteiger partial charge in [-0.3, -0.25) is 4.18 Å². The van der Waals surface area contributed by atoms with E-state index in [1.54, 1.807) is 30.3 Å². The van der Waals surface area contributed by atoms with E-state index in [2.05, 4.69) is 6.92 Å². The molecule has 0 bridgehead atoms. The van der Waals surface area contributed by atoms with Gasteiger partial charge < -0.3 is 2.85 Å². The zero-order valence-electron chi connectivity index (χ0n) is 20.7. The number of benzene rings is 1. The molecular formula is C24H44BaO3S. The van der Waals surface area contributed by atoms with Crippen molar-refractivity contribution in [3.05, 3.63) is 30.3 Å². The van der Waals surface area contributed by atoms with Crippen LogP contribution in [0.1, 0.15) is 113 Å². The summed E-state index contributed by atoms with van der Waals surface area (Å²) in [6.45, 7) is 2.56. The maximum absolute atomic E-state index is 12.0. The topological polar surface area (TPSA) is 43.4 Å². The molecule has 0 aliphatic carbocycles. The van der Waals surface area contributed by atoms with E-state index in [-0.39, 0.29) is 63.2 Å². The summed E-state index contributed by atoms with van der Waals surface area (Å²) >= 11 is 0. The van der Waals surface area contributed by atoms with Gasteiger partial charge in [-0.15, -0.1) is 0 Å². The second kappa shape index (κ2) is 20.6. The largest absolute Gasteiger partial charge is 2.00 e. The van der Waals surface area contributed by atoms with Gasteiger partial charge in [0, 0.05) is 0 Å². The van der Waals surface area contributed by atoms with Crippen molar-refractivity contribution in [1.29, 1.82) is 0 Å². The van der Waals surface area contributed by atoms with Crippen LogP contribution < -0.4 is 0 Å². The summed E-state index contributed by atoms with van der Waals surface area (Å²) in [5.74, 6) is 0. The third-order valence-electron chi connectivity index (χ3n) is 5.27. The van der Waals surface area contributed by atoms with Gasteiger partial charge in [0.1, 0.15) is 0 Å². The predicted molar refractivity (Wildman–Crippen MR) is 127 cm³/mol. The van der Waals surface area contributed by atoms with Crippen molar-refractivity contribution in [2.24, 2.45) is 0 Å². The van der Waals surface area contributed by atoms with E-state index in [4.69, 9.17) is 4.18 Å². The first-order chi connectivity index (χ1) is 13.7. The quantitative estimate of drug-likeness (QED) is 0.102. The molecule has 0 aromatic heterocycles. The van der Waals surface area contributed by atoms with Gasteiger partial charge in [0.05, 0.1) is 11.5 Å². The van der Waals surface area contributed by atoms with Crippen LogP contribution in [0.4, 0.5) is 0 Å². The van der Waals surface area contributed by atoms with E-state index in [0.29, 0.717) is 0 Å². The van der Waals surface area contributed by atoms with Crippen LogP contribution >= 0.6 is 0 Å². The second-order valence-corrected chi connectivity index (χ2v) is 9.51. The summed E-state index contributed by atoms with van der Waals surface area (Å²) in [6.07, 6.45) is 20.9. The van der Waals surface area contributed by atoms with Crippen molar-refractivity contribution in [3.8, 4) is 0 Å². The number of hydrogen-bond acceptors (Lipinski definition) is 3. The predicted octanol–water partition coefficient (Wildman–Crippen LogP) is 7.50. The number of rotatable bonds is 19. The Morgan fingerprint density at radius 3 is 1.45 bits per heavy atom. The molecule has 3 nitrogen and oxygen atoms in total. The molecular weight excluding hydrogens is 506 g/mol. The van der Waals surface area contributed by atoms with Crippen molar-refractivity contribution in [2.75, 3.05) is 6.61 Å². The Kier molecular flexibility index (Phi) is 21.1. The van der Waals surface area contributed by atoms with Gasteiger partial charge in [0.2, 0.25) is 0 Å². The fourth-order valence-electron chi connectivity index (χ4n) is 3.47. The van der Waals surface area contributed by atoms with Crippen LogP contribution in [0.25, 0.3) is 0 Å². The summed E-state index contributed by atoms with van der Waals surface area (Å²) in [6, 6.07) is 8.37. The van der Waals surface area contributed by atoms with Crippen molar-refractivity contribution >= 4 is 59.0 Å². The zero-order valence-corrected chi connectivity index (χ0v) is 24.0. The van der Waals surface area contributed by atoms with Gasteiger partial charge in [-0.2, -0.15) is 8.42 Å². The van der Waals surface area contributed by atoms with E-state index in [1.165, 1.54) is 89.9 Å². The van der Waals surface area contributed by atoms with Gasteiger partial charge in [-0.25, -0.2) is 0 Å². The fraction of sp³-hybridized carbons (Fsp3) is 0.750. The molecule has 166 valence electrons. The molecule has 0 atom stereocenters. The van der Waals surface area contributed by atoms with E-state index < -0.39 is 10.1 Å². The summed E-state index contributed by atoms with van der Waals surface area (Å²) in [5.41, 5.74) is 0. The third-order valence-corrected chi connectivity index (χ3v) is 6.59. The smallest absolute Gasteiger partial charge is 1.00 e. The van der Waals surface area contributed by atoms with Gasteiger partial charge in [-0.1, -0.05) is 121 Å². The maximum Gasteiger partial charge on any atom is 2.00 e. The van der Waals surface area contributed by atoms with E-state index >= 15 is 0 Å². The molecule has 5 heteroatoms. The molecule has 0 unspecified atom stereocenters. The van der Waals surface area contributed by atoms with Gasteiger partial charge in [0.25, 0.3) is 10.1 Å². The van der Waals surface area contributed by atoms with Crippen LogP contribution in [0.15, 0.2) is 35.2 Å². The third kappa shape index (κ3) is 17.0. The van der Waals surface area contributed by atoms with E-state index in [9.17, 15) is 8.42 Å².